The summed E-state index contributed by atoms with van der Waals surface area (Å²) in [6.07, 6.45) is 1.51. The molecule has 1 aromatic heterocycles. The van der Waals surface area contributed by atoms with Gasteiger partial charge < -0.3 is 5.32 Å². The number of aryl methyl sites for hydroxylation is 1. The fraction of sp³-hybridized carbons (Fsp3) is 0.227. The molecule has 0 radical (unpaired) electrons. The predicted molar refractivity (Wildman–Crippen MR) is 114 cm³/mol. The van der Waals surface area contributed by atoms with E-state index in [-0.39, 0.29) is 4.90 Å². The van der Waals surface area contributed by atoms with Crippen LogP contribution in [-0.2, 0) is 16.6 Å². The maximum Gasteiger partial charge on any atom is 0.261 e. The lowest BCUT2D eigenvalue weighted by Gasteiger charge is -2.11. The number of hydrogen-bond donors (Lipinski definition) is 2. The van der Waals surface area contributed by atoms with Gasteiger partial charge in [0.05, 0.1) is 16.8 Å². The van der Waals surface area contributed by atoms with Crippen LogP contribution in [0.3, 0.4) is 0 Å². The third-order valence-electron chi connectivity index (χ3n) is 4.47. The van der Waals surface area contributed by atoms with E-state index in [2.05, 4.69) is 60.1 Å². The average Bonchev–Trinajstić information content (AvgIpc) is 2.68. The molecule has 0 amide bonds. The van der Waals surface area contributed by atoms with Crippen LogP contribution in [0.2, 0.25) is 0 Å². The van der Waals surface area contributed by atoms with Gasteiger partial charge in [-0.15, -0.1) is 0 Å². The van der Waals surface area contributed by atoms with Crippen molar-refractivity contribution in [2.45, 2.75) is 38.1 Å². The van der Waals surface area contributed by atoms with Crippen LogP contribution in [0.4, 0.5) is 11.5 Å². The van der Waals surface area contributed by atoms with Gasteiger partial charge in [-0.05, 0) is 48.2 Å². The zero-order chi connectivity index (χ0) is 20.1. The highest BCUT2D eigenvalue weighted by molar-refractivity contribution is 7.92. The molecule has 0 spiro atoms. The highest BCUT2D eigenvalue weighted by Crippen LogP contribution is 2.20. The van der Waals surface area contributed by atoms with Crippen molar-refractivity contribution in [3.63, 3.8) is 0 Å². The van der Waals surface area contributed by atoms with Gasteiger partial charge in [-0.25, -0.2) is 13.4 Å². The molecule has 3 rings (SSSR count). The number of aromatic nitrogens is 1. The maximum absolute atomic E-state index is 12.6. The molecular weight excluding hydrogens is 370 g/mol. The summed E-state index contributed by atoms with van der Waals surface area (Å²) in [5.74, 6) is 1.04. The van der Waals surface area contributed by atoms with Gasteiger partial charge in [-0.3, -0.25) is 4.72 Å². The first-order valence-electron chi connectivity index (χ1n) is 9.22. The largest absolute Gasteiger partial charge is 0.366 e. The Morgan fingerprint density at radius 2 is 1.61 bits per heavy atom. The summed E-state index contributed by atoms with van der Waals surface area (Å²) in [7, 11) is -3.64. The van der Waals surface area contributed by atoms with Crippen molar-refractivity contribution >= 4 is 21.5 Å². The lowest BCUT2D eigenvalue weighted by atomic mass is 10.0. The van der Waals surface area contributed by atoms with Gasteiger partial charge in [0, 0.05) is 6.54 Å². The Morgan fingerprint density at radius 3 is 2.18 bits per heavy atom. The molecule has 0 aliphatic carbocycles. The number of pyridine rings is 1. The van der Waals surface area contributed by atoms with Crippen molar-refractivity contribution in [3.8, 4) is 0 Å². The second kappa shape index (κ2) is 8.44. The molecular formula is C22H25N3O2S. The lowest BCUT2D eigenvalue weighted by Crippen LogP contribution is -2.13. The molecule has 0 unspecified atom stereocenters. The van der Waals surface area contributed by atoms with E-state index in [1.165, 1.54) is 11.8 Å². The van der Waals surface area contributed by atoms with E-state index < -0.39 is 10.0 Å². The van der Waals surface area contributed by atoms with Crippen LogP contribution < -0.4 is 10.0 Å². The van der Waals surface area contributed by atoms with Crippen LogP contribution in [-0.4, -0.2) is 13.4 Å². The van der Waals surface area contributed by atoms with Crippen molar-refractivity contribution in [2.24, 2.45) is 0 Å². The minimum absolute atomic E-state index is 0.235. The Bertz CT molecular complexity index is 1010. The normalized spacial score (nSPS) is 11.4. The van der Waals surface area contributed by atoms with E-state index >= 15 is 0 Å². The Balaban J connectivity index is 1.63. The van der Waals surface area contributed by atoms with E-state index in [4.69, 9.17) is 0 Å². The third kappa shape index (κ3) is 5.10. The molecule has 3 aromatic rings. The fourth-order valence-electron chi connectivity index (χ4n) is 2.70. The fourth-order valence-corrected chi connectivity index (χ4v) is 3.75. The second-order valence-corrected chi connectivity index (χ2v) is 8.78. The van der Waals surface area contributed by atoms with Gasteiger partial charge >= 0.3 is 0 Å². The molecule has 0 aliphatic rings. The van der Waals surface area contributed by atoms with Crippen LogP contribution in [0.15, 0.2) is 71.8 Å². The van der Waals surface area contributed by atoms with Gasteiger partial charge in [0.1, 0.15) is 5.82 Å². The molecule has 0 saturated carbocycles. The van der Waals surface area contributed by atoms with E-state index in [1.54, 1.807) is 24.3 Å². The number of sulfonamides is 1. The van der Waals surface area contributed by atoms with E-state index in [9.17, 15) is 8.42 Å². The molecule has 28 heavy (non-hydrogen) atoms. The van der Waals surface area contributed by atoms with Crippen molar-refractivity contribution in [1.82, 2.24) is 4.98 Å². The molecule has 0 fully saturated rings. The summed E-state index contributed by atoms with van der Waals surface area (Å²) in [6.45, 7) is 6.85. The van der Waals surface area contributed by atoms with Crippen molar-refractivity contribution in [2.75, 3.05) is 10.0 Å². The molecule has 0 aliphatic heterocycles. The summed E-state index contributed by atoms with van der Waals surface area (Å²) in [5, 5.41) is 3.23. The Kier molecular flexibility index (Phi) is 5.99. The van der Waals surface area contributed by atoms with Crippen LogP contribution in [0, 0.1) is 6.92 Å². The minimum Gasteiger partial charge on any atom is -0.366 e. The number of nitrogens with one attached hydrogen (secondary N) is 2. The summed E-state index contributed by atoms with van der Waals surface area (Å²) in [6, 6.07) is 18.7. The molecule has 146 valence electrons. The summed E-state index contributed by atoms with van der Waals surface area (Å²) in [5.41, 5.74) is 3.90. The van der Waals surface area contributed by atoms with Crippen molar-refractivity contribution < 1.29 is 8.42 Å². The first-order valence-corrected chi connectivity index (χ1v) is 10.7. The first-order chi connectivity index (χ1) is 13.3. The van der Waals surface area contributed by atoms with Crippen LogP contribution in [0.1, 0.15) is 36.5 Å². The summed E-state index contributed by atoms with van der Waals surface area (Å²) < 4.78 is 27.7. The first kappa shape index (κ1) is 19.9. The molecule has 2 aromatic carbocycles. The SMILES string of the molecule is Cc1ccc(CNc2ccc(NS(=O)(=O)c3ccc(C(C)C)cc3)cn2)cc1. The van der Waals surface area contributed by atoms with Gasteiger partial charge in [0.15, 0.2) is 0 Å². The highest BCUT2D eigenvalue weighted by atomic mass is 32.2. The van der Waals surface area contributed by atoms with Crippen molar-refractivity contribution in [3.05, 3.63) is 83.6 Å². The van der Waals surface area contributed by atoms with Gasteiger partial charge in [-0.1, -0.05) is 55.8 Å². The Morgan fingerprint density at radius 1 is 0.929 bits per heavy atom. The minimum atomic E-state index is -3.64. The highest BCUT2D eigenvalue weighted by Gasteiger charge is 2.14. The Labute approximate surface area is 166 Å². The molecule has 2 N–H and O–H groups in total. The topological polar surface area (TPSA) is 71.1 Å². The summed E-state index contributed by atoms with van der Waals surface area (Å²) >= 11 is 0. The van der Waals surface area contributed by atoms with Gasteiger partial charge in [0.2, 0.25) is 0 Å². The van der Waals surface area contributed by atoms with E-state index in [1.807, 2.05) is 12.1 Å². The number of rotatable bonds is 7. The molecule has 5 nitrogen and oxygen atoms in total. The van der Waals surface area contributed by atoms with Gasteiger partial charge in [-0.2, -0.15) is 0 Å². The lowest BCUT2D eigenvalue weighted by molar-refractivity contribution is 0.601. The number of nitrogens with zero attached hydrogens (tertiary/aromatic N) is 1. The van der Waals surface area contributed by atoms with Gasteiger partial charge in [0.25, 0.3) is 10.0 Å². The van der Waals surface area contributed by atoms with Crippen LogP contribution in [0.5, 0.6) is 0 Å². The third-order valence-corrected chi connectivity index (χ3v) is 5.86. The molecule has 6 heteroatoms. The van der Waals surface area contributed by atoms with Crippen LogP contribution >= 0.6 is 0 Å². The van der Waals surface area contributed by atoms with Crippen molar-refractivity contribution in [1.29, 1.82) is 0 Å². The summed E-state index contributed by atoms with van der Waals surface area (Å²) in [4.78, 5) is 4.52. The molecule has 0 atom stereocenters. The Hall–Kier alpha value is -2.86. The maximum atomic E-state index is 12.6. The second-order valence-electron chi connectivity index (χ2n) is 7.10. The smallest absolute Gasteiger partial charge is 0.261 e. The molecule has 0 bridgehead atoms. The zero-order valence-corrected chi connectivity index (χ0v) is 17.1. The number of benzene rings is 2. The molecule has 0 saturated heterocycles. The zero-order valence-electron chi connectivity index (χ0n) is 16.3. The van der Waals surface area contributed by atoms with Crippen LogP contribution in [0.25, 0.3) is 0 Å². The number of anilines is 2. The standard InChI is InChI=1S/C22H25N3O2S/c1-16(2)19-8-11-21(12-9-19)28(26,27)25-20-10-13-22(24-15-20)23-14-18-6-4-17(3)5-7-18/h4-13,15-16,25H,14H2,1-3H3,(H,23,24). The predicted octanol–water partition coefficient (Wildman–Crippen LogP) is 4.93. The average molecular weight is 396 g/mol. The molecule has 1 heterocycles. The van der Waals surface area contributed by atoms with E-state index in [0.29, 0.717) is 24.0 Å². The number of hydrogen-bond acceptors (Lipinski definition) is 4. The van der Waals surface area contributed by atoms with E-state index in [0.717, 1.165) is 11.1 Å². The monoisotopic (exact) mass is 395 g/mol. The quantitative estimate of drug-likeness (QED) is 0.595.